The number of unbranched alkanes of at least 4 members (excludes halogenated alkanes) is 1. The molecule has 2 rings (SSSR count). The molecule has 0 saturated heterocycles. The first-order valence-electron chi connectivity index (χ1n) is 12.2. The Labute approximate surface area is 214 Å². The van der Waals surface area contributed by atoms with Crippen molar-refractivity contribution in [2.75, 3.05) is 25.5 Å². The summed E-state index contributed by atoms with van der Waals surface area (Å²) in [7, 11) is 1.58. The molecule has 0 aromatic heterocycles. The van der Waals surface area contributed by atoms with Crippen LogP contribution in [0.4, 0.5) is 10.5 Å². The zero-order valence-corrected chi connectivity index (χ0v) is 22.4. The second-order valence-corrected chi connectivity index (χ2v) is 9.78. The third-order valence-electron chi connectivity index (χ3n) is 5.50. The van der Waals surface area contributed by atoms with Gasteiger partial charge in [-0.3, -0.25) is 9.59 Å². The minimum atomic E-state index is -0.883. The Bertz CT molecular complexity index is 1040. The lowest BCUT2D eigenvalue weighted by atomic mass is 9.96. The summed E-state index contributed by atoms with van der Waals surface area (Å²) >= 11 is 0. The molecule has 1 unspecified atom stereocenters. The van der Waals surface area contributed by atoms with Crippen LogP contribution in [-0.4, -0.2) is 48.6 Å². The zero-order valence-electron chi connectivity index (χ0n) is 22.4. The Morgan fingerprint density at radius 1 is 1.03 bits per heavy atom. The maximum Gasteiger partial charge on any atom is 0.408 e. The largest absolute Gasteiger partial charge is 0.497 e. The minimum absolute atomic E-state index is 0.282. The molecule has 0 fully saturated rings. The standard InChI is InChI=1S/C28H39N3O5/c1-8-9-16-31(24(32)18-29-27(34)36-28(4,5)6)25(23-17-19(2)10-11-20(23)3)26(33)30-21-12-14-22(35-7)15-13-21/h10-15,17,25H,8-9,16,18H2,1-7H3,(H,29,34)(H,30,33). The van der Waals surface area contributed by atoms with Crippen molar-refractivity contribution in [3.63, 3.8) is 0 Å². The normalized spacial score (nSPS) is 11.9. The van der Waals surface area contributed by atoms with Crippen molar-refractivity contribution in [1.29, 1.82) is 0 Å². The number of nitrogens with zero attached hydrogens (tertiary/aromatic N) is 1. The maximum atomic E-state index is 13.7. The van der Waals surface area contributed by atoms with Gasteiger partial charge in [-0.25, -0.2) is 4.79 Å². The third kappa shape index (κ3) is 8.59. The molecule has 1 atom stereocenters. The number of hydrogen-bond acceptors (Lipinski definition) is 5. The number of hydrogen-bond donors (Lipinski definition) is 2. The fraction of sp³-hybridized carbons (Fsp3) is 0.464. The van der Waals surface area contributed by atoms with E-state index in [0.29, 0.717) is 24.4 Å². The Kier molecular flexibility index (Phi) is 10.3. The molecule has 0 aliphatic heterocycles. The van der Waals surface area contributed by atoms with Crippen LogP contribution in [0.2, 0.25) is 0 Å². The SMILES string of the molecule is CCCCN(C(=O)CNC(=O)OC(C)(C)C)C(C(=O)Nc1ccc(OC)cc1)c1cc(C)ccc1C. The van der Waals surface area contributed by atoms with Crippen LogP contribution in [-0.2, 0) is 14.3 Å². The first-order chi connectivity index (χ1) is 16.9. The summed E-state index contributed by atoms with van der Waals surface area (Å²) in [4.78, 5) is 40.9. The van der Waals surface area contributed by atoms with Crippen LogP contribution in [0.3, 0.4) is 0 Å². The van der Waals surface area contributed by atoms with E-state index in [1.165, 1.54) is 0 Å². The second-order valence-electron chi connectivity index (χ2n) is 9.78. The Morgan fingerprint density at radius 3 is 2.28 bits per heavy atom. The van der Waals surface area contributed by atoms with Gasteiger partial charge in [0, 0.05) is 12.2 Å². The van der Waals surface area contributed by atoms with Gasteiger partial charge in [-0.2, -0.15) is 0 Å². The molecule has 2 aromatic rings. The van der Waals surface area contributed by atoms with Crippen LogP contribution in [0.1, 0.15) is 63.3 Å². The van der Waals surface area contributed by atoms with Gasteiger partial charge in [-0.15, -0.1) is 0 Å². The van der Waals surface area contributed by atoms with Crippen LogP contribution in [0.15, 0.2) is 42.5 Å². The number of alkyl carbamates (subject to hydrolysis) is 1. The number of aryl methyl sites for hydroxylation is 2. The average molecular weight is 498 g/mol. The molecule has 8 heteroatoms. The van der Waals surface area contributed by atoms with Gasteiger partial charge >= 0.3 is 6.09 Å². The van der Waals surface area contributed by atoms with Crippen molar-refractivity contribution in [2.24, 2.45) is 0 Å². The molecule has 0 aliphatic carbocycles. The molecule has 3 amide bonds. The number of carbonyl (C=O) groups excluding carboxylic acids is 3. The van der Waals surface area contributed by atoms with Crippen molar-refractivity contribution < 1.29 is 23.9 Å². The molecular weight excluding hydrogens is 458 g/mol. The summed E-state index contributed by atoms with van der Waals surface area (Å²) in [6.07, 6.45) is 0.857. The molecule has 0 radical (unpaired) electrons. The highest BCUT2D eigenvalue weighted by Crippen LogP contribution is 2.28. The number of anilines is 1. The molecule has 0 spiro atoms. The molecular formula is C28H39N3O5. The number of nitrogens with one attached hydrogen (secondary N) is 2. The third-order valence-corrected chi connectivity index (χ3v) is 5.50. The number of benzene rings is 2. The lowest BCUT2D eigenvalue weighted by Gasteiger charge is -2.32. The second kappa shape index (κ2) is 13.0. The average Bonchev–Trinajstić information content (AvgIpc) is 2.81. The van der Waals surface area contributed by atoms with Gasteiger partial charge in [-0.1, -0.05) is 37.1 Å². The van der Waals surface area contributed by atoms with Crippen molar-refractivity contribution in [1.82, 2.24) is 10.2 Å². The van der Waals surface area contributed by atoms with Crippen LogP contribution in [0.5, 0.6) is 5.75 Å². The number of amides is 3. The van der Waals surface area contributed by atoms with Crippen molar-refractivity contribution in [3.05, 3.63) is 59.2 Å². The number of carbonyl (C=O) groups is 3. The van der Waals surface area contributed by atoms with Gasteiger partial charge in [0.1, 0.15) is 23.9 Å². The Balaban J connectivity index is 2.39. The Hall–Kier alpha value is -3.55. The Morgan fingerprint density at radius 2 is 1.69 bits per heavy atom. The number of methoxy groups -OCH3 is 1. The van der Waals surface area contributed by atoms with Gasteiger partial charge < -0.3 is 25.0 Å². The summed E-state index contributed by atoms with van der Waals surface area (Å²) in [5.74, 6) is -0.0345. The highest BCUT2D eigenvalue weighted by molar-refractivity contribution is 5.98. The smallest absolute Gasteiger partial charge is 0.408 e. The highest BCUT2D eigenvalue weighted by atomic mass is 16.6. The van der Waals surface area contributed by atoms with E-state index in [9.17, 15) is 14.4 Å². The molecule has 0 heterocycles. The topological polar surface area (TPSA) is 97.0 Å². The van der Waals surface area contributed by atoms with Gasteiger partial charge in [0.15, 0.2) is 0 Å². The molecule has 0 aliphatic rings. The molecule has 36 heavy (non-hydrogen) atoms. The van der Waals surface area contributed by atoms with E-state index in [1.807, 2.05) is 39.0 Å². The molecule has 2 N–H and O–H groups in total. The summed E-state index contributed by atoms with van der Waals surface area (Å²) in [6.45, 7) is 11.2. The van der Waals surface area contributed by atoms with Crippen molar-refractivity contribution >= 4 is 23.6 Å². The quantitative estimate of drug-likeness (QED) is 0.473. The lowest BCUT2D eigenvalue weighted by molar-refractivity contribution is -0.138. The minimum Gasteiger partial charge on any atom is -0.497 e. The molecule has 8 nitrogen and oxygen atoms in total. The number of ether oxygens (including phenoxy) is 2. The summed E-state index contributed by atoms with van der Waals surface area (Å²) in [6, 6.07) is 12.0. The molecule has 0 saturated carbocycles. The predicted molar refractivity (Wildman–Crippen MR) is 141 cm³/mol. The summed E-state index contributed by atoms with van der Waals surface area (Å²) in [5.41, 5.74) is 2.51. The molecule has 2 aromatic carbocycles. The van der Waals surface area contributed by atoms with E-state index >= 15 is 0 Å². The fourth-order valence-electron chi connectivity index (χ4n) is 3.68. The molecule has 196 valence electrons. The van der Waals surface area contributed by atoms with Gasteiger partial charge in [-0.05, 0) is 76.4 Å². The van der Waals surface area contributed by atoms with Crippen LogP contribution in [0.25, 0.3) is 0 Å². The van der Waals surface area contributed by atoms with E-state index in [2.05, 4.69) is 10.6 Å². The maximum absolute atomic E-state index is 13.7. The van der Waals surface area contributed by atoms with Crippen LogP contribution in [0, 0.1) is 13.8 Å². The van der Waals surface area contributed by atoms with E-state index in [-0.39, 0.29) is 18.4 Å². The van der Waals surface area contributed by atoms with Crippen molar-refractivity contribution in [2.45, 2.75) is 66.0 Å². The van der Waals surface area contributed by atoms with Gasteiger partial charge in [0.05, 0.1) is 7.11 Å². The fourth-order valence-corrected chi connectivity index (χ4v) is 3.68. The molecule has 0 bridgehead atoms. The van der Waals surface area contributed by atoms with E-state index in [0.717, 1.165) is 23.1 Å². The summed E-state index contributed by atoms with van der Waals surface area (Å²) < 4.78 is 10.5. The van der Waals surface area contributed by atoms with Crippen LogP contribution < -0.4 is 15.4 Å². The van der Waals surface area contributed by atoms with Crippen molar-refractivity contribution in [3.8, 4) is 5.75 Å². The lowest BCUT2D eigenvalue weighted by Crippen LogP contribution is -2.47. The first-order valence-corrected chi connectivity index (χ1v) is 12.2. The monoisotopic (exact) mass is 497 g/mol. The predicted octanol–water partition coefficient (Wildman–Crippen LogP) is 5.15. The van der Waals surface area contributed by atoms with Gasteiger partial charge in [0.2, 0.25) is 5.91 Å². The van der Waals surface area contributed by atoms with Crippen LogP contribution >= 0.6 is 0 Å². The first kappa shape index (κ1) is 28.7. The zero-order chi connectivity index (χ0) is 26.9. The van der Waals surface area contributed by atoms with Gasteiger partial charge in [0.25, 0.3) is 5.91 Å². The van der Waals surface area contributed by atoms with E-state index < -0.39 is 17.7 Å². The van der Waals surface area contributed by atoms with E-state index in [1.54, 1.807) is 57.0 Å². The van der Waals surface area contributed by atoms with E-state index in [4.69, 9.17) is 9.47 Å². The summed E-state index contributed by atoms with van der Waals surface area (Å²) in [5, 5.41) is 5.48. The number of rotatable bonds is 10. The highest BCUT2D eigenvalue weighted by Gasteiger charge is 2.32.